The molecule has 7 heteroatoms. The van der Waals surface area contributed by atoms with Crippen LogP contribution < -0.4 is 5.32 Å². The summed E-state index contributed by atoms with van der Waals surface area (Å²) in [4.78, 5) is 9.13. The minimum Gasteiger partial charge on any atom is -0.386 e. The predicted octanol–water partition coefficient (Wildman–Crippen LogP) is 4.82. The molecule has 0 bridgehead atoms. The van der Waals surface area contributed by atoms with E-state index in [9.17, 15) is 5.11 Å². The van der Waals surface area contributed by atoms with Gasteiger partial charge in [0.1, 0.15) is 5.69 Å². The third-order valence-electron chi connectivity index (χ3n) is 5.23. The van der Waals surface area contributed by atoms with E-state index in [1.165, 1.54) is 0 Å². The fraction of sp³-hybridized carbons (Fsp3) is 0.120. The summed E-state index contributed by atoms with van der Waals surface area (Å²) in [6.07, 6.45) is 3.43. The van der Waals surface area contributed by atoms with E-state index in [0.29, 0.717) is 5.95 Å². The quantitative estimate of drug-likeness (QED) is 0.422. The summed E-state index contributed by atoms with van der Waals surface area (Å²) in [7, 11) is 0. The molecule has 5 rings (SSSR count). The second-order valence-electron chi connectivity index (χ2n) is 8.01. The summed E-state index contributed by atoms with van der Waals surface area (Å²) >= 11 is 0. The average Bonchev–Trinajstić information content (AvgIpc) is 3.19. The van der Waals surface area contributed by atoms with E-state index < -0.39 is 5.60 Å². The van der Waals surface area contributed by atoms with Crippen molar-refractivity contribution in [1.82, 2.24) is 24.8 Å². The van der Waals surface area contributed by atoms with Crippen molar-refractivity contribution in [2.75, 3.05) is 5.32 Å². The highest BCUT2D eigenvalue weighted by molar-refractivity contribution is 5.90. The SMILES string of the molecule is CC(C)(O)c1ccc(-c2nn3ncccc3c2-c2ccnc(Nc3ccccc3)n2)cc1. The number of hydrogen-bond donors (Lipinski definition) is 2. The second kappa shape index (κ2) is 7.86. The van der Waals surface area contributed by atoms with Crippen LogP contribution in [-0.4, -0.2) is 29.9 Å². The summed E-state index contributed by atoms with van der Waals surface area (Å²) < 4.78 is 1.61. The van der Waals surface area contributed by atoms with E-state index in [4.69, 9.17) is 10.1 Å². The van der Waals surface area contributed by atoms with E-state index in [1.807, 2.05) is 72.8 Å². The van der Waals surface area contributed by atoms with Gasteiger partial charge in [0.05, 0.1) is 22.4 Å². The topological polar surface area (TPSA) is 88.2 Å². The number of rotatable bonds is 5. The van der Waals surface area contributed by atoms with Crippen LogP contribution in [0.25, 0.3) is 28.0 Å². The molecule has 0 aliphatic carbocycles. The van der Waals surface area contributed by atoms with Crippen molar-refractivity contribution in [2.24, 2.45) is 0 Å². The van der Waals surface area contributed by atoms with E-state index >= 15 is 0 Å². The van der Waals surface area contributed by atoms with Gasteiger partial charge in [-0.2, -0.15) is 9.73 Å². The molecule has 2 N–H and O–H groups in total. The zero-order valence-corrected chi connectivity index (χ0v) is 17.8. The zero-order chi connectivity index (χ0) is 22.1. The molecule has 0 fully saturated rings. The molecule has 0 saturated carbocycles. The lowest BCUT2D eigenvalue weighted by Crippen LogP contribution is -2.14. The highest BCUT2D eigenvalue weighted by atomic mass is 16.3. The van der Waals surface area contributed by atoms with Crippen molar-refractivity contribution in [3.63, 3.8) is 0 Å². The third kappa shape index (κ3) is 3.81. The standard InChI is InChI=1S/C25H22N6O/c1-25(2,32)18-12-10-17(11-13-18)23-22(21-9-6-15-27-31(21)30-23)20-14-16-26-24(29-20)28-19-7-4-3-5-8-19/h3-16,32H,1-2H3,(H,26,28,29). The number of anilines is 2. The molecule has 158 valence electrons. The molecule has 0 atom stereocenters. The average molecular weight is 422 g/mol. The van der Waals surface area contributed by atoms with Crippen LogP contribution in [0, 0.1) is 0 Å². The Labute approximate surface area is 185 Å². The Morgan fingerprint density at radius 3 is 2.41 bits per heavy atom. The third-order valence-corrected chi connectivity index (χ3v) is 5.23. The number of fused-ring (bicyclic) bond motifs is 1. The molecule has 0 radical (unpaired) electrons. The van der Waals surface area contributed by atoms with Gasteiger partial charge in [-0.3, -0.25) is 0 Å². The molecular formula is C25H22N6O. The molecule has 0 spiro atoms. The van der Waals surface area contributed by atoms with Gasteiger partial charge in [0.15, 0.2) is 0 Å². The Morgan fingerprint density at radius 2 is 1.66 bits per heavy atom. The minimum atomic E-state index is -0.910. The largest absolute Gasteiger partial charge is 0.386 e. The number of benzene rings is 2. The van der Waals surface area contributed by atoms with Crippen LogP contribution >= 0.6 is 0 Å². The van der Waals surface area contributed by atoms with Crippen molar-refractivity contribution in [2.45, 2.75) is 19.4 Å². The predicted molar refractivity (Wildman–Crippen MR) is 124 cm³/mol. The first-order valence-electron chi connectivity index (χ1n) is 10.3. The van der Waals surface area contributed by atoms with Crippen LogP contribution in [0.15, 0.2) is 85.2 Å². The van der Waals surface area contributed by atoms with Crippen molar-refractivity contribution >= 4 is 17.2 Å². The lowest BCUT2D eigenvalue weighted by molar-refractivity contribution is 0.0786. The number of hydrogen-bond acceptors (Lipinski definition) is 6. The second-order valence-corrected chi connectivity index (χ2v) is 8.01. The van der Waals surface area contributed by atoms with Crippen molar-refractivity contribution in [3.05, 3.63) is 90.8 Å². The van der Waals surface area contributed by atoms with E-state index in [2.05, 4.69) is 15.4 Å². The van der Waals surface area contributed by atoms with Gasteiger partial charge in [0.25, 0.3) is 0 Å². The number of aromatic nitrogens is 5. The molecule has 0 aliphatic heterocycles. The summed E-state index contributed by atoms with van der Waals surface area (Å²) in [6, 6.07) is 23.3. The van der Waals surface area contributed by atoms with Crippen LogP contribution in [0.4, 0.5) is 11.6 Å². The molecule has 3 aromatic heterocycles. The zero-order valence-electron chi connectivity index (χ0n) is 17.8. The van der Waals surface area contributed by atoms with Crippen LogP contribution in [0.5, 0.6) is 0 Å². The normalized spacial score (nSPS) is 11.6. The molecule has 3 heterocycles. The molecule has 5 aromatic rings. The van der Waals surface area contributed by atoms with Crippen molar-refractivity contribution in [1.29, 1.82) is 0 Å². The summed E-state index contributed by atoms with van der Waals surface area (Å²) in [5, 5.41) is 22.6. The minimum absolute atomic E-state index is 0.500. The van der Waals surface area contributed by atoms with Crippen molar-refractivity contribution < 1.29 is 5.11 Å². The molecule has 0 amide bonds. The first kappa shape index (κ1) is 19.8. The highest BCUT2D eigenvalue weighted by Gasteiger charge is 2.20. The van der Waals surface area contributed by atoms with Gasteiger partial charge < -0.3 is 10.4 Å². The van der Waals surface area contributed by atoms with Gasteiger partial charge in [-0.05, 0) is 49.7 Å². The molecule has 0 unspecified atom stereocenters. The number of nitrogens with one attached hydrogen (secondary N) is 1. The van der Waals surface area contributed by atoms with E-state index in [-0.39, 0.29) is 0 Å². The summed E-state index contributed by atoms with van der Waals surface area (Å²) in [5.41, 5.74) is 4.96. The maximum absolute atomic E-state index is 10.3. The van der Waals surface area contributed by atoms with Gasteiger partial charge in [-0.15, -0.1) is 5.10 Å². The molecule has 0 saturated heterocycles. The Kier molecular flexibility index (Phi) is 4.88. The fourth-order valence-electron chi connectivity index (χ4n) is 3.59. The molecule has 32 heavy (non-hydrogen) atoms. The van der Waals surface area contributed by atoms with Gasteiger partial charge in [-0.1, -0.05) is 42.5 Å². The number of aliphatic hydroxyl groups is 1. The van der Waals surface area contributed by atoms with Crippen LogP contribution in [0.3, 0.4) is 0 Å². The lowest BCUT2D eigenvalue weighted by Gasteiger charge is -2.17. The van der Waals surface area contributed by atoms with Gasteiger partial charge in [-0.25, -0.2) is 9.97 Å². The Bertz CT molecular complexity index is 1370. The lowest BCUT2D eigenvalue weighted by atomic mass is 9.95. The van der Waals surface area contributed by atoms with E-state index in [1.54, 1.807) is 30.9 Å². The fourth-order valence-corrected chi connectivity index (χ4v) is 3.59. The summed E-state index contributed by atoms with van der Waals surface area (Å²) in [5.74, 6) is 0.500. The molecule has 0 aliphatic rings. The van der Waals surface area contributed by atoms with Crippen LogP contribution in [0.2, 0.25) is 0 Å². The van der Waals surface area contributed by atoms with Gasteiger partial charge >= 0.3 is 0 Å². The maximum atomic E-state index is 10.3. The Balaban J connectivity index is 1.62. The molecule has 2 aromatic carbocycles. The molecular weight excluding hydrogens is 400 g/mol. The first-order valence-corrected chi connectivity index (χ1v) is 10.3. The van der Waals surface area contributed by atoms with Crippen molar-refractivity contribution in [3.8, 4) is 22.5 Å². The summed E-state index contributed by atoms with van der Waals surface area (Å²) in [6.45, 7) is 3.54. The monoisotopic (exact) mass is 422 g/mol. The highest BCUT2D eigenvalue weighted by Crippen LogP contribution is 2.35. The molecule has 7 nitrogen and oxygen atoms in total. The van der Waals surface area contributed by atoms with E-state index in [0.717, 1.165) is 39.3 Å². The Morgan fingerprint density at radius 1 is 0.875 bits per heavy atom. The Hall–Kier alpha value is -4.10. The smallest absolute Gasteiger partial charge is 0.227 e. The number of nitrogens with zero attached hydrogens (tertiary/aromatic N) is 5. The van der Waals surface area contributed by atoms with Crippen LogP contribution in [-0.2, 0) is 5.60 Å². The van der Waals surface area contributed by atoms with Gasteiger partial charge in [0.2, 0.25) is 5.95 Å². The van der Waals surface area contributed by atoms with Crippen LogP contribution in [0.1, 0.15) is 19.4 Å². The number of para-hydroxylation sites is 1. The first-order chi connectivity index (χ1) is 15.5. The maximum Gasteiger partial charge on any atom is 0.227 e. The van der Waals surface area contributed by atoms with Gasteiger partial charge in [0, 0.05) is 23.6 Å².